The lowest BCUT2D eigenvalue weighted by Gasteiger charge is -2.24. The number of rotatable bonds is 9. The summed E-state index contributed by atoms with van der Waals surface area (Å²) in [5.41, 5.74) is 0.314. The van der Waals surface area contributed by atoms with Gasteiger partial charge >= 0.3 is 5.97 Å². The molecular weight excluding hydrogens is 484 g/mol. The Bertz CT molecular complexity index is 926. The highest BCUT2D eigenvalue weighted by molar-refractivity contribution is 9.10. The molecule has 1 aliphatic rings. The van der Waals surface area contributed by atoms with Gasteiger partial charge in [0.05, 0.1) is 15.8 Å². The van der Waals surface area contributed by atoms with Crippen LogP contribution in [0.5, 0.6) is 5.75 Å². The van der Waals surface area contributed by atoms with Gasteiger partial charge in [-0.15, -0.1) is 11.3 Å². The van der Waals surface area contributed by atoms with Crippen molar-refractivity contribution in [2.45, 2.75) is 58.1 Å². The van der Waals surface area contributed by atoms with Crippen molar-refractivity contribution in [3.8, 4) is 5.75 Å². The number of halogens is 1. The molecule has 0 aliphatic heterocycles. The van der Waals surface area contributed by atoms with Crippen LogP contribution in [0.2, 0.25) is 0 Å². The molecule has 31 heavy (non-hydrogen) atoms. The fourth-order valence-electron chi connectivity index (χ4n) is 3.75. The third kappa shape index (κ3) is 6.19. The molecule has 0 spiro atoms. The SMILES string of the molecule is CCOC(=O)c1c(NC(C)=O)sc2c(OC[C@@H](O)CNC3CCCCC3)c(Br)ccc12. The quantitative estimate of drug-likeness (QED) is 0.429. The van der Waals surface area contributed by atoms with E-state index >= 15 is 0 Å². The molecule has 1 aromatic heterocycles. The zero-order chi connectivity index (χ0) is 22.4. The van der Waals surface area contributed by atoms with E-state index in [9.17, 15) is 14.7 Å². The molecule has 0 radical (unpaired) electrons. The fourth-order valence-corrected chi connectivity index (χ4v) is 5.56. The summed E-state index contributed by atoms with van der Waals surface area (Å²) in [5.74, 6) is -0.244. The van der Waals surface area contributed by atoms with Gasteiger partial charge in [-0.25, -0.2) is 4.79 Å². The maximum absolute atomic E-state index is 12.6. The first-order valence-corrected chi connectivity index (χ1v) is 12.3. The highest BCUT2D eigenvalue weighted by Crippen LogP contribution is 2.44. The Balaban J connectivity index is 1.78. The van der Waals surface area contributed by atoms with Gasteiger partial charge in [-0.2, -0.15) is 0 Å². The molecule has 3 rings (SSSR count). The van der Waals surface area contributed by atoms with Crippen molar-refractivity contribution in [2.75, 3.05) is 25.1 Å². The second kappa shape index (κ2) is 11.3. The van der Waals surface area contributed by atoms with Crippen LogP contribution in [-0.4, -0.2) is 48.9 Å². The number of ether oxygens (including phenoxy) is 2. The molecule has 0 unspecified atom stereocenters. The number of aliphatic hydroxyl groups is 1. The smallest absolute Gasteiger partial charge is 0.341 e. The molecule has 3 N–H and O–H groups in total. The first-order valence-electron chi connectivity index (χ1n) is 10.6. The van der Waals surface area contributed by atoms with Gasteiger partial charge in [0, 0.05) is 24.9 Å². The molecule has 0 saturated heterocycles. The summed E-state index contributed by atoms with van der Waals surface area (Å²) in [6.45, 7) is 3.93. The maximum atomic E-state index is 12.6. The Hall–Kier alpha value is -1.68. The third-order valence-corrected chi connectivity index (χ3v) is 6.95. The van der Waals surface area contributed by atoms with Crippen LogP contribution < -0.4 is 15.4 Å². The second-order valence-corrected chi connectivity index (χ2v) is 9.54. The number of benzene rings is 1. The van der Waals surface area contributed by atoms with Gasteiger partial charge in [-0.1, -0.05) is 25.3 Å². The van der Waals surface area contributed by atoms with E-state index in [-0.39, 0.29) is 19.1 Å². The minimum Gasteiger partial charge on any atom is -0.488 e. The van der Waals surface area contributed by atoms with Crippen molar-refractivity contribution in [1.29, 1.82) is 0 Å². The first kappa shape index (κ1) is 24.0. The van der Waals surface area contributed by atoms with Crippen molar-refractivity contribution >= 4 is 54.2 Å². The number of hydrogen-bond acceptors (Lipinski definition) is 7. The lowest BCUT2D eigenvalue weighted by atomic mass is 9.95. The number of aliphatic hydroxyl groups excluding tert-OH is 1. The molecule has 0 bridgehead atoms. The normalized spacial score (nSPS) is 15.6. The van der Waals surface area contributed by atoms with Crippen molar-refractivity contribution in [1.82, 2.24) is 5.32 Å². The maximum Gasteiger partial charge on any atom is 0.341 e. The number of hydrogen-bond donors (Lipinski definition) is 3. The van der Waals surface area contributed by atoms with Gasteiger partial charge in [0.2, 0.25) is 5.91 Å². The van der Waals surface area contributed by atoms with Crippen LogP contribution in [-0.2, 0) is 9.53 Å². The highest BCUT2D eigenvalue weighted by Gasteiger charge is 2.24. The van der Waals surface area contributed by atoms with Crippen molar-refractivity contribution < 1.29 is 24.2 Å². The van der Waals surface area contributed by atoms with E-state index in [0.29, 0.717) is 43.5 Å². The van der Waals surface area contributed by atoms with Crippen LogP contribution in [0.15, 0.2) is 16.6 Å². The lowest BCUT2D eigenvalue weighted by Crippen LogP contribution is -2.39. The van der Waals surface area contributed by atoms with E-state index in [0.717, 1.165) is 12.8 Å². The molecule has 1 saturated carbocycles. The minimum atomic E-state index is -0.664. The molecule has 1 aromatic carbocycles. The molecule has 170 valence electrons. The van der Waals surface area contributed by atoms with Gasteiger partial charge in [0.1, 0.15) is 23.3 Å². The van der Waals surface area contributed by atoms with E-state index in [1.807, 2.05) is 0 Å². The summed E-state index contributed by atoms with van der Waals surface area (Å²) < 4.78 is 12.6. The zero-order valence-electron chi connectivity index (χ0n) is 17.8. The van der Waals surface area contributed by atoms with E-state index in [1.165, 1.54) is 37.5 Å². The molecular formula is C22H29BrN2O5S. The number of carbonyl (C=O) groups is 2. The lowest BCUT2D eigenvalue weighted by molar-refractivity contribution is -0.114. The Morgan fingerprint density at radius 3 is 2.71 bits per heavy atom. The van der Waals surface area contributed by atoms with Crippen LogP contribution in [0.4, 0.5) is 5.00 Å². The minimum absolute atomic E-state index is 0.111. The second-order valence-electron chi connectivity index (χ2n) is 7.67. The standard InChI is InChI=1S/C22H29BrN2O5S/c1-3-29-22(28)18-16-9-10-17(23)19(20(16)31-21(18)25-13(2)26)30-12-15(27)11-24-14-7-5-4-6-8-14/h9-10,14-15,24,27H,3-8,11-12H2,1-2H3,(H,25,26)/t15-/m0/s1. The Labute approximate surface area is 194 Å². The molecule has 1 heterocycles. The molecule has 9 heteroatoms. The summed E-state index contributed by atoms with van der Waals surface area (Å²) >= 11 is 4.75. The summed E-state index contributed by atoms with van der Waals surface area (Å²) in [5, 5.41) is 17.6. The van der Waals surface area contributed by atoms with Crippen LogP contribution in [0.1, 0.15) is 56.3 Å². The van der Waals surface area contributed by atoms with Gasteiger partial charge < -0.3 is 25.2 Å². The van der Waals surface area contributed by atoms with Crippen LogP contribution >= 0.6 is 27.3 Å². The van der Waals surface area contributed by atoms with E-state index in [1.54, 1.807) is 19.1 Å². The number of carbonyl (C=O) groups excluding carboxylic acids is 2. The topological polar surface area (TPSA) is 96.9 Å². The highest BCUT2D eigenvalue weighted by atomic mass is 79.9. The summed E-state index contributed by atoms with van der Waals surface area (Å²) in [4.78, 5) is 24.2. The van der Waals surface area contributed by atoms with E-state index in [2.05, 4.69) is 26.6 Å². The van der Waals surface area contributed by atoms with E-state index < -0.39 is 12.1 Å². The van der Waals surface area contributed by atoms with Gasteiger partial charge in [0.15, 0.2) is 5.75 Å². The Kier molecular flexibility index (Phi) is 8.71. The van der Waals surface area contributed by atoms with Crippen molar-refractivity contribution in [3.05, 3.63) is 22.2 Å². The largest absolute Gasteiger partial charge is 0.488 e. The van der Waals surface area contributed by atoms with Gasteiger partial charge in [0.25, 0.3) is 0 Å². The molecule has 2 aromatic rings. The summed E-state index contributed by atoms with van der Waals surface area (Å²) in [7, 11) is 0. The summed E-state index contributed by atoms with van der Waals surface area (Å²) in [6.07, 6.45) is 5.39. The van der Waals surface area contributed by atoms with E-state index in [4.69, 9.17) is 9.47 Å². The first-order chi connectivity index (χ1) is 14.9. The van der Waals surface area contributed by atoms with Gasteiger partial charge in [-0.05, 0) is 41.8 Å². The predicted octanol–water partition coefficient (Wildman–Crippen LogP) is 4.46. The number of nitrogens with one attached hydrogen (secondary N) is 2. The average molecular weight is 513 g/mol. The number of anilines is 1. The van der Waals surface area contributed by atoms with Crippen LogP contribution in [0, 0.1) is 0 Å². The molecule has 7 nitrogen and oxygen atoms in total. The zero-order valence-corrected chi connectivity index (χ0v) is 20.2. The number of amides is 1. The molecule has 1 aliphatic carbocycles. The molecule has 1 amide bonds. The predicted molar refractivity (Wildman–Crippen MR) is 126 cm³/mol. The third-order valence-electron chi connectivity index (χ3n) is 5.20. The van der Waals surface area contributed by atoms with Crippen molar-refractivity contribution in [2.24, 2.45) is 0 Å². The molecule has 1 fully saturated rings. The Morgan fingerprint density at radius 1 is 1.29 bits per heavy atom. The monoisotopic (exact) mass is 512 g/mol. The van der Waals surface area contributed by atoms with Gasteiger partial charge in [-0.3, -0.25) is 4.79 Å². The number of fused-ring (bicyclic) bond motifs is 1. The van der Waals surface area contributed by atoms with Crippen molar-refractivity contribution in [3.63, 3.8) is 0 Å². The number of esters is 1. The Morgan fingerprint density at radius 2 is 2.03 bits per heavy atom. The van der Waals surface area contributed by atoms with Crippen LogP contribution in [0.3, 0.4) is 0 Å². The number of thiophene rings is 1. The van der Waals surface area contributed by atoms with Crippen LogP contribution in [0.25, 0.3) is 10.1 Å². The fraction of sp³-hybridized carbons (Fsp3) is 0.545. The summed E-state index contributed by atoms with van der Waals surface area (Å²) in [6, 6.07) is 4.04. The molecule has 1 atom stereocenters. The average Bonchev–Trinajstić information content (AvgIpc) is 3.09.